The van der Waals surface area contributed by atoms with Gasteiger partial charge in [-0.05, 0) is 31.4 Å². The molecule has 3 aromatic rings. The summed E-state index contributed by atoms with van der Waals surface area (Å²) in [4.78, 5) is 33.4. The molecule has 0 bridgehead atoms. The van der Waals surface area contributed by atoms with Crippen LogP contribution < -0.4 is 0 Å². The Morgan fingerprint density at radius 2 is 2.03 bits per heavy atom. The molecule has 3 heterocycles. The monoisotopic (exact) mass is 443 g/mol. The van der Waals surface area contributed by atoms with Gasteiger partial charge in [0.2, 0.25) is 5.78 Å². The van der Waals surface area contributed by atoms with Crippen molar-refractivity contribution < 1.29 is 27.5 Å². The van der Waals surface area contributed by atoms with Crippen molar-refractivity contribution in [2.45, 2.75) is 31.6 Å². The summed E-state index contributed by atoms with van der Waals surface area (Å²) in [7, 11) is 0. The van der Waals surface area contributed by atoms with Gasteiger partial charge in [-0.1, -0.05) is 11.8 Å². The maximum atomic E-state index is 12.7. The van der Waals surface area contributed by atoms with Crippen LogP contribution in [0.25, 0.3) is 10.2 Å². The average Bonchev–Trinajstić information content (AvgIpc) is 3.23. The molecular weight excluding hydrogens is 427 g/mol. The van der Waals surface area contributed by atoms with E-state index in [9.17, 15) is 22.8 Å². The summed E-state index contributed by atoms with van der Waals surface area (Å²) in [6.45, 7) is 1.22. The summed E-state index contributed by atoms with van der Waals surface area (Å²) >= 11 is 2.62. The third-order valence-electron chi connectivity index (χ3n) is 4.13. The number of thioether (sulfide) groups is 1. The van der Waals surface area contributed by atoms with E-state index in [0.717, 1.165) is 14.8 Å². The molecule has 6 nitrogen and oxygen atoms in total. The van der Waals surface area contributed by atoms with E-state index in [1.54, 1.807) is 0 Å². The predicted molar refractivity (Wildman–Crippen MR) is 103 cm³/mol. The molecule has 0 radical (unpaired) electrons. The summed E-state index contributed by atoms with van der Waals surface area (Å²) in [6, 6.07) is 3.23. The van der Waals surface area contributed by atoms with Gasteiger partial charge in [0.05, 0.1) is 5.75 Å². The highest BCUT2D eigenvalue weighted by atomic mass is 32.2. The number of ether oxygens (including phenoxy) is 1. The smallest absolute Gasteiger partial charge is 0.406 e. The Labute approximate surface area is 172 Å². The van der Waals surface area contributed by atoms with Crippen LogP contribution in [0, 0.1) is 13.8 Å². The van der Waals surface area contributed by atoms with E-state index in [1.807, 2.05) is 11.4 Å². The molecule has 0 aliphatic rings. The Kier molecular flexibility index (Phi) is 6.27. The van der Waals surface area contributed by atoms with Crippen molar-refractivity contribution in [3.8, 4) is 0 Å². The van der Waals surface area contributed by atoms with Gasteiger partial charge in [0.1, 0.15) is 22.7 Å². The first-order valence-corrected chi connectivity index (χ1v) is 10.3. The number of carbonyl (C=O) groups excluding carboxylic acids is 2. The molecule has 0 atom stereocenters. The van der Waals surface area contributed by atoms with E-state index in [0.29, 0.717) is 10.7 Å². The highest BCUT2D eigenvalue weighted by molar-refractivity contribution is 8.00. The second kappa shape index (κ2) is 8.54. The normalized spacial score (nSPS) is 11.8. The largest absolute Gasteiger partial charge is 0.457 e. The minimum absolute atomic E-state index is 0.0532. The first-order chi connectivity index (χ1) is 13.7. The molecule has 3 aromatic heterocycles. The van der Waals surface area contributed by atoms with E-state index in [-0.39, 0.29) is 17.0 Å². The van der Waals surface area contributed by atoms with E-state index in [4.69, 9.17) is 4.74 Å². The molecule has 0 unspecified atom stereocenters. The average molecular weight is 443 g/mol. The highest BCUT2D eigenvalue weighted by Crippen LogP contribution is 2.27. The number of halogens is 3. The number of carbonyl (C=O) groups is 2. The number of thiophene rings is 1. The Morgan fingerprint density at radius 1 is 1.28 bits per heavy atom. The lowest BCUT2D eigenvalue weighted by Crippen LogP contribution is -2.20. The van der Waals surface area contributed by atoms with Crippen LogP contribution in [0.3, 0.4) is 0 Å². The van der Waals surface area contributed by atoms with Crippen LogP contribution in [0.1, 0.15) is 21.7 Å². The Balaban J connectivity index is 1.57. The molecule has 0 fully saturated rings. The quantitative estimate of drug-likeness (QED) is 0.236. The van der Waals surface area contributed by atoms with Crippen LogP contribution in [-0.4, -0.2) is 44.8 Å². The standard InChI is InChI=1S/C18H16F3N3O3S2/c1-10-5-13(11(2)24(10)8-18(19,20)21)14(25)6-27-15(26)7-29-17-12-3-4-28-16(12)22-9-23-17/h3-5,9H,6-8H2,1-2H3. The molecule has 0 saturated heterocycles. The van der Waals surface area contributed by atoms with E-state index >= 15 is 0 Å². The molecule has 0 amide bonds. The topological polar surface area (TPSA) is 74.1 Å². The molecule has 0 aliphatic carbocycles. The zero-order valence-electron chi connectivity index (χ0n) is 15.4. The fraction of sp³-hybridized carbons (Fsp3) is 0.333. The van der Waals surface area contributed by atoms with Gasteiger partial charge in [-0.2, -0.15) is 13.2 Å². The van der Waals surface area contributed by atoms with Crippen molar-refractivity contribution in [2.75, 3.05) is 12.4 Å². The van der Waals surface area contributed by atoms with Crippen LogP contribution in [0.4, 0.5) is 13.2 Å². The zero-order chi connectivity index (χ0) is 21.2. The Bertz CT molecular complexity index is 1060. The Morgan fingerprint density at radius 3 is 2.76 bits per heavy atom. The summed E-state index contributed by atoms with van der Waals surface area (Å²) in [5.41, 5.74) is 0.618. The van der Waals surface area contributed by atoms with Crippen LogP contribution in [0.5, 0.6) is 0 Å². The van der Waals surface area contributed by atoms with Gasteiger partial charge in [-0.25, -0.2) is 9.97 Å². The molecule has 3 rings (SSSR count). The minimum atomic E-state index is -4.40. The van der Waals surface area contributed by atoms with E-state index in [1.165, 1.54) is 49.3 Å². The minimum Gasteiger partial charge on any atom is -0.457 e. The van der Waals surface area contributed by atoms with Crippen molar-refractivity contribution in [1.29, 1.82) is 0 Å². The first kappa shape index (κ1) is 21.3. The number of rotatable bonds is 7. The molecule has 0 aromatic carbocycles. The molecule has 11 heteroatoms. The van der Waals surface area contributed by atoms with Crippen LogP contribution >= 0.6 is 23.1 Å². The second-order valence-electron chi connectivity index (χ2n) is 6.18. The zero-order valence-corrected chi connectivity index (χ0v) is 17.1. The molecule has 0 aliphatic heterocycles. The van der Waals surface area contributed by atoms with Crippen LogP contribution in [0.15, 0.2) is 28.9 Å². The van der Waals surface area contributed by atoms with Crippen molar-refractivity contribution in [3.05, 3.63) is 40.8 Å². The van der Waals surface area contributed by atoms with Crippen molar-refractivity contribution >= 4 is 45.1 Å². The third kappa shape index (κ3) is 5.15. The first-order valence-electron chi connectivity index (χ1n) is 8.39. The van der Waals surface area contributed by atoms with Crippen molar-refractivity contribution in [2.24, 2.45) is 0 Å². The molecular formula is C18H16F3N3O3S2. The van der Waals surface area contributed by atoms with E-state index < -0.39 is 31.1 Å². The number of esters is 1. The van der Waals surface area contributed by atoms with Gasteiger partial charge in [0.25, 0.3) is 0 Å². The van der Waals surface area contributed by atoms with Gasteiger partial charge in [0.15, 0.2) is 6.61 Å². The lowest BCUT2D eigenvalue weighted by atomic mass is 10.1. The SMILES string of the molecule is Cc1cc(C(=O)COC(=O)CSc2ncnc3sccc23)c(C)n1CC(F)(F)F. The maximum Gasteiger partial charge on any atom is 0.406 e. The fourth-order valence-corrected chi connectivity index (χ4v) is 4.36. The lowest BCUT2D eigenvalue weighted by molar-refractivity contribution is -0.141. The van der Waals surface area contributed by atoms with Gasteiger partial charge in [-0.15, -0.1) is 11.3 Å². The molecule has 0 N–H and O–H groups in total. The maximum absolute atomic E-state index is 12.7. The molecule has 154 valence electrons. The van der Waals surface area contributed by atoms with Gasteiger partial charge < -0.3 is 9.30 Å². The number of Topliss-reactive ketones (excluding diaryl/α,β-unsaturated/α-hetero) is 1. The van der Waals surface area contributed by atoms with Crippen LogP contribution in [-0.2, 0) is 16.1 Å². The van der Waals surface area contributed by atoms with Gasteiger partial charge in [0, 0.05) is 22.3 Å². The predicted octanol–water partition coefficient (Wildman–Crippen LogP) is 4.19. The summed E-state index contributed by atoms with van der Waals surface area (Å²) in [5.74, 6) is -1.22. The number of nitrogens with zero attached hydrogens (tertiary/aromatic N) is 3. The van der Waals surface area contributed by atoms with E-state index in [2.05, 4.69) is 9.97 Å². The fourth-order valence-electron chi connectivity index (χ4n) is 2.78. The van der Waals surface area contributed by atoms with Crippen molar-refractivity contribution in [1.82, 2.24) is 14.5 Å². The summed E-state index contributed by atoms with van der Waals surface area (Å²) < 4.78 is 44.1. The second-order valence-corrected chi connectivity index (χ2v) is 8.04. The molecule has 0 saturated carbocycles. The molecule has 0 spiro atoms. The number of hydrogen-bond acceptors (Lipinski definition) is 7. The molecule has 29 heavy (non-hydrogen) atoms. The number of alkyl halides is 3. The number of fused-ring (bicyclic) bond motifs is 1. The summed E-state index contributed by atoms with van der Waals surface area (Å²) in [5, 5.41) is 3.34. The number of aromatic nitrogens is 3. The van der Waals surface area contributed by atoms with Gasteiger partial charge >= 0.3 is 12.1 Å². The van der Waals surface area contributed by atoms with Crippen LogP contribution in [0.2, 0.25) is 0 Å². The third-order valence-corrected chi connectivity index (χ3v) is 5.93. The Hall–Kier alpha value is -2.40. The number of aryl methyl sites for hydroxylation is 1. The number of hydrogen-bond donors (Lipinski definition) is 0. The summed E-state index contributed by atoms with van der Waals surface area (Å²) in [6.07, 6.45) is -2.99. The number of ketones is 1. The highest BCUT2D eigenvalue weighted by Gasteiger charge is 2.30. The van der Waals surface area contributed by atoms with Crippen molar-refractivity contribution in [3.63, 3.8) is 0 Å². The van der Waals surface area contributed by atoms with Gasteiger partial charge in [-0.3, -0.25) is 9.59 Å². The lowest BCUT2D eigenvalue weighted by Gasteiger charge is -2.12.